The van der Waals surface area contributed by atoms with E-state index in [0.717, 1.165) is 24.3 Å². The number of thiazole rings is 1. The smallest absolute Gasteiger partial charge is 0.350 e. The molecule has 1 fully saturated rings. The Labute approximate surface area is 142 Å². The number of amides is 1. The Kier molecular flexibility index (Phi) is 5.45. The van der Waals surface area contributed by atoms with E-state index in [-0.39, 0.29) is 30.0 Å². The van der Waals surface area contributed by atoms with Gasteiger partial charge in [0.15, 0.2) is 6.61 Å². The summed E-state index contributed by atoms with van der Waals surface area (Å²) in [5.74, 6) is -0.581. The molecule has 1 aromatic rings. The number of rotatable bonds is 3. The fourth-order valence-corrected chi connectivity index (χ4v) is 3.77. The van der Waals surface area contributed by atoms with Crippen molar-refractivity contribution in [2.75, 3.05) is 6.61 Å². The number of aromatic nitrogens is 1. The van der Waals surface area contributed by atoms with Crippen LogP contribution in [0.1, 0.15) is 68.6 Å². The van der Waals surface area contributed by atoms with Crippen molar-refractivity contribution in [1.82, 2.24) is 9.88 Å². The number of carbonyl (C=O) groups excluding carboxylic acids is 2. The second-order valence-electron chi connectivity index (χ2n) is 7.29. The standard InChI is InChI=1S/C17H26N2O3S/c1-11-7-6-8-12(2)19(11)14(20)10-22-15(21)13-9-18-16(23-13)17(3,4)5/h9,11-12H,6-8,10H2,1-5H3/t11-,12-/m0/s1. The Balaban J connectivity index is 1.93. The number of hydrogen-bond donors (Lipinski definition) is 0. The molecule has 5 nitrogen and oxygen atoms in total. The van der Waals surface area contributed by atoms with E-state index in [2.05, 4.69) is 4.98 Å². The molecule has 1 aromatic heterocycles. The first-order valence-corrected chi connectivity index (χ1v) is 8.96. The van der Waals surface area contributed by atoms with E-state index in [9.17, 15) is 9.59 Å². The summed E-state index contributed by atoms with van der Waals surface area (Å²) >= 11 is 1.33. The molecule has 0 saturated carbocycles. The number of carbonyl (C=O) groups is 2. The number of piperidine rings is 1. The maximum Gasteiger partial charge on any atom is 0.350 e. The highest BCUT2D eigenvalue weighted by Gasteiger charge is 2.29. The molecule has 1 amide bonds. The van der Waals surface area contributed by atoms with Crippen molar-refractivity contribution in [3.05, 3.63) is 16.1 Å². The minimum absolute atomic E-state index is 0.0995. The van der Waals surface area contributed by atoms with Crippen LogP contribution >= 0.6 is 11.3 Å². The van der Waals surface area contributed by atoms with E-state index in [1.54, 1.807) is 0 Å². The average molecular weight is 338 g/mol. The molecule has 2 heterocycles. The zero-order chi connectivity index (χ0) is 17.2. The van der Waals surface area contributed by atoms with Crippen LogP contribution in [-0.2, 0) is 14.9 Å². The molecule has 0 spiro atoms. The second kappa shape index (κ2) is 6.99. The highest BCUT2D eigenvalue weighted by molar-refractivity contribution is 7.13. The van der Waals surface area contributed by atoms with Gasteiger partial charge >= 0.3 is 5.97 Å². The van der Waals surface area contributed by atoms with Crippen molar-refractivity contribution in [3.8, 4) is 0 Å². The van der Waals surface area contributed by atoms with Crippen molar-refractivity contribution in [2.45, 2.75) is 71.4 Å². The summed E-state index contributed by atoms with van der Waals surface area (Å²) in [5, 5.41) is 0.883. The lowest BCUT2D eigenvalue weighted by Gasteiger charge is -2.38. The molecular formula is C17H26N2O3S. The van der Waals surface area contributed by atoms with Gasteiger partial charge in [0.25, 0.3) is 5.91 Å². The van der Waals surface area contributed by atoms with Crippen LogP contribution in [-0.4, -0.2) is 40.5 Å². The molecule has 1 saturated heterocycles. The van der Waals surface area contributed by atoms with Gasteiger partial charge in [0.2, 0.25) is 0 Å². The van der Waals surface area contributed by atoms with Crippen molar-refractivity contribution < 1.29 is 14.3 Å². The van der Waals surface area contributed by atoms with Gasteiger partial charge in [-0.2, -0.15) is 0 Å². The largest absolute Gasteiger partial charge is 0.451 e. The monoisotopic (exact) mass is 338 g/mol. The van der Waals surface area contributed by atoms with Crippen molar-refractivity contribution >= 4 is 23.2 Å². The highest BCUT2D eigenvalue weighted by atomic mass is 32.1. The lowest BCUT2D eigenvalue weighted by Crippen LogP contribution is -2.49. The third-order valence-corrected chi connectivity index (χ3v) is 5.56. The van der Waals surface area contributed by atoms with Crippen LogP contribution in [0, 0.1) is 0 Å². The van der Waals surface area contributed by atoms with E-state index < -0.39 is 5.97 Å². The van der Waals surface area contributed by atoms with Crippen LogP contribution in [0.5, 0.6) is 0 Å². The van der Waals surface area contributed by atoms with Gasteiger partial charge in [-0.3, -0.25) is 4.79 Å². The Hall–Kier alpha value is -1.43. The summed E-state index contributed by atoms with van der Waals surface area (Å²) in [6.45, 7) is 10.0. The lowest BCUT2D eigenvalue weighted by molar-refractivity contribution is -0.140. The summed E-state index contributed by atoms with van der Waals surface area (Å²) in [6, 6.07) is 0.418. The third-order valence-electron chi connectivity index (χ3n) is 4.16. The lowest BCUT2D eigenvalue weighted by atomic mass is 9.97. The first-order valence-electron chi connectivity index (χ1n) is 8.14. The average Bonchev–Trinajstić information content (AvgIpc) is 2.94. The van der Waals surface area contributed by atoms with Crippen LogP contribution in [0.4, 0.5) is 0 Å². The minimum atomic E-state index is -0.469. The molecule has 0 aliphatic carbocycles. The molecule has 2 rings (SSSR count). The first kappa shape index (κ1) is 17.9. The quantitative estimate of drug-likeness (QED) is 0.793. The molecule has 23 heavy (non-hydrogen) atoms. The van der Waals surface area contributed by atoms with E-state index in [1.807, 2.05) is 39.5 Å². The zero-order valence-electron chi connectivity index (χ0n) is 14.6. The SMILES string of the molecule is C[C@H]1CCC[C@H](C)N1C(=O)COC(=O)c1cnc(C(C)(C)C)s1. The maximum absolute atomic E-state index is 12.4. The van der Waals surface area contributed by atoms with E-state index >= 15 is 0 Å². The number of nitrogens with zero attached hydrogens (tertiary/aromatic N) is 2. The van der Waals surface area contributed by atoms with Crippen LogP contribution in [0.2, 0.25) is 0 Å². The number of likely N-dealkylation sites (tertiary alicyclic amines) is 1. The van der Waals surface area contributed by atoms with Crippen molar-refractivity contribution in [3.63, 3.8) is 0 Å². The van der Waals surface area contributed by atoms with Gasteiger partial charge in [-0.15, -0.1) is 11.3 Å². The van der Waals surface area contributed by atoms with Gasteiger partial charge in [0.05, 0.1) is 11.2 Å². The zero-order valence-corrected chi connectivity index (χ0v) is 15.4. The van der Waals surface area contributed by atoms with Gasteiger partial charge in [-0.1, -0.05) is 20.8 Å². The van der Waals surface area contributed by atoms with Crippen LogP contribution < -0.4 is 0 Å². The van der Waals surface area contributed by atoms with Crippen LogP contribution in [0.3, 0.4) is 0 Å². The van der Waals surface area contributed by atoms with Crippen LogP contribution in [0.15, 0.2) is 6.20 Å². The van der Waals surface area contributed by atoms with Gasteiger partial charge < -0.3 is 9.64 Å². The normalized spacial score (nSPS) is 22.0. The Morgan fingerprint density at radius 2 is 1.91 bits per heavy atom. The molecule has 1 aliphatic rings. The predicted octanol–water partition coefficient (Wildman–Crippen LogP) is 3.39. The summed E-state index contributed by atoms with van der Waals surface area (Å²) in [5.41, 5.74) is -0.0995. The van der Waals surface area contributed by atoms with Crippen molar-refractivity contribution in [1.29, 1.82) is 0 Å². The summed E-state index contributed by atoms with van der Waals surface area (Å²) in [4.78, 5) is 31.0. The van der Waals surface area contributed by atoms with E-state index in [0.29, 0.717) is 4.88 Å². The Morgan fingerprint density at radius 3 is 2.43 bits per heavy atom. The molecule has 0 radical (unpaired) electrons. The number of hydrogen-bond acceptors (Lipinski definition) is 5. The fourth-order valence-electron chi connectivity index (χ4n) is 2.90. The summed E-state index contributed by atoms with van der Waals surface area (Å²) in [7, 11) is 0. The van der Waals surface area contributed by atoms with Gasteiger partial charge in [0.1, 0.15) is 4.88 Å². The fraction of sp³-hybridized carbons (Fsp3) is 0.706. The van der Waals surface area contributed by atoms with Gasteiger partial charge in [0, 0.05) is 17.5 Å². The molecule has 0 aromatic carbocycles. The Morgan fingerprint density at radius 1 is 1.30 bits per heavy atom. The van der Waals surface area contributed by atoms with Gasteiger partial charge in [-0.25, -0.2) is 9.78 Å². The van der Waals surface area contributed by atoms with Crippen molar-refractivity contribution in [2.24, 2.45) is 0 Å². The second-order valence-corrected chi connectivity index (χ2v) is 8.32. The number of ether oxygens (including phenoxy) is 1. The first-order chi connectivity index (χ1) is 10.7. The molecular weight excluding hydrogens is 312 g/mol. The highest BCUT2D eigenvalue weighted by Crippen LogP contribution is 2.27. The minimum Gasteiger partial charge on any atom is -0.451 e. The number of esters is 1. The summed E-state index contributed by atoms with van der Waals surface area (Å²) in [6.07, 6.45) is 4.69. The molecule has 0 N–H and O–H groups in total. The predicted molar refractivity (Wildman–Crippen MR) is 90.7 cm³/mol. The molecule has 128 valence electrons. The molecule has 1 aliphatic heterocycles. The van der Waals surface area contributed by atoms with Crippen LogP contribution in [0.25, 0.3) is 0 Å². The maximum atomic E-state index is 12.4. The molecule has 0 bridgehead atoms. The summed E-state index contributed by atoms with van der Waals surface area (Å²) < 4.78 is 5.21. The molecule has 2 atom stereocenters. The van der Waals surface area contributed by atoms with E-state index in [4.69, 9.17) is 4.74 Å². The van der Waals surface area contributed by atoms with E-state index in [1.165, 1.54) is 17.5 Å². The molecule has 0 unspecified atom stereocenters. The molecule has 6 heteroatoms. The van der Waals surface area contributed by atoms with Gasteiger partial charge in [-0.05, 0) is 33.1 Å². The Bertz CT molecular complexity index is 567. The third kappa shape index (κ3) is 4.31. The topological polar surface area (TPSA) is 59.5 Å².